The number of aromatic nitrogens is 2. The van der Waals surface area contributed by atoms with E-state index in [4.69, 9.17) is 11.6 Å². The van der Waals surface area contributed by atoms with Gasteiger partial charge in [-0.25, -0.2) is 14.8 Å². The number of rotatable bonds is 3. The van der Waals surface area contributed by atoms with Gasteiger partial charge in [0.05, 0.1) is 28.8 Å². The van der Waals surface area contributed by atoms with Crippen LogP contribution in [0.5, 0.6) is 0 Å². The Balaban J connectivity index is 1.61. The van der Waals surface area contributed by atoms with E-state index in [1.807, 2.05) is 13.0 Å². The topological polar surface area (TPSA) is 70.2 Å². The molecule has 1 aliphatic heterocycles. The van der Waals surface area contributed by atoms with Crippen LogP contribution >= 0.6 is 11.6 Å². The molecule has 23 heavy (non-hydrogen) atoms. The van der Waals surface area contributed by atoms with E-state index in [1.54, 1.807) is 24.5 Å². The quantitative estimate of drug-likeness (QED) is 0.900. The van der Waals surface area contributed by atoms with Crippen LogP contribution in [0.2, 0.25) is 5.02 Å². The normalized spacial score (nSPS) is 13.9. The second kappa shape index (κ2) is 6.83. The van der Waals surface area contributed by atoms with Gasteiger partial charge in [-0.15, -0.1) is 0 Å². The number of aryl methyl sites for hydroxylation is 1. The molecule has 0 aliphatic carbocycles. The van der Waals surface area contributed by atoms with E-state index in [0.717, 1.165) is 18.7 Å². The maximum Gasteiger partial charge on any atom is 0.323 e. The molecule has 0 atom stereocenters. The molecule has 0 radical (unpaired) electrons. The predicted molar refractivity (Wildman–Crippen MR) is 92.3 cm³/mol. The number of halogens is 1. The Morgan fingerprint density at radius 3 is 2.52 bits per heavy atom. The third kappa shape index (κ3) is 3.90. The summed E-state index contributed by atoms with van der Waals surface area (Å²) in [5.74, 6) is 0.704. The molecular formula is C16H18ClN5O. The molecule has 7 heteroatoms. The van der Waals surface area contributed by atoms with Crippen LogP contribution in [-0.2, 0) is 0 Å². The Labute approximate surface area is 139 Å². The average Bonchev–Trinajstić information content (AvgIpc) is 3.05. The SMILES string of the molecule is Cc1ccc(NC(=O)Nc2cnc(N3CCCC3)nc2)c(Cl)c1. The van der Waals surface area contributed by atoms with Crippen molar-refractivity contribution < 1.29 is 4.79 Å². The standard InChI is InChI=1S/C16H18ClN5O/c1-11-4-5-14(13(17)8-11)21-16(23)20-12-9-18-15(19-10-12)22-6-2-3-7-22/h4-5,8-10H,2-3,6-7H2,1H3,(H2,20,21,23). The summed E-state index contributed by atoms with van der Waals surface area (Å²) < 4.78 is 0. The van der Waals surface area contributed by atoms with Crippen LogP contribution in [0.15, 0.2) is 30.6 Å². The summed E-state index contributed by atoms with van der Waals surface area (Å²) in [4.78, 5) is 22.7. The highest BCUT2D eigenvalue weighted by Gasteiger charge is 2.14. The van der Waals surface area contributed by atoms with E-state index in [2.05, 4.69) is 25.5 Å². The maximum atomic E-state index is 12.0. The first-order chi connectivity index (χ1) is 11.1. The summed E-state index contributed by atoms with van der Waals surface area (Å²) >= 11 is 6.10. The van der Waals surface area contributed by atoms with E-state index < -0.39 is 0 Å². The first-order valence-corrected chi connectivity index (χ1v) is 7.91. The zero-order valence-electron chi connectivity index (χ0n) is 12.8. The molecule has 2 aromatic rings. The molecule has 0 spiro atoms. The van der Waals surface area contributed by atoms with Gasteiger partial charge in [-0.3, -0.25) is 0 Å². The molecule has 1 saturated heterocycles. The van der Waals surface area contributed by atoms with Crippen molar-refractivity contribution in [3.8, 4) is 0 Å². The second-order valence-corrected chi connectivity index (χ2v) is 5.94. The highest BCUT2D eigenvalue weighted by molar-refractivity contribution is 6.33. The smallest absolute Gasteiger partial charge is 0.323 e. The molecule has 0 unspecified atom stereocenters. The van der Waals surface area contributed by atoms with Crippen LogP contribution in [0, 0.1) is 6.92 Å². The number of hydrogen-bond acceptors (Lipinski definition) is 4. The summed E-state index contributed by atoms with van der Waals surface area (Å²) in [5, 5.41) is 5.91. The van der Waals surface area contributed by atoms with E-state index in [1.165, 1.54) is 12.8 Å². The molecule has 6 nitrogen and oxygen atoms in total. The largest absolute Gasteiger partial charge is 0.341 e. The lowest BCUT2D eigenvalue weighted by Crippen LogP contribution is -2.22. The summed E-state index contributed by atoms with van der Waals surface area (Å²) in [6.45, 7) is 3.91. The molecule has 3 rings (SSSR count). The van der Waals surface area contributed by atoms with Gasteiger partial charge in [0.2, 0.25) is 5.95 Å². The van der Waals surface area contributed by atoms with Crippen molar-refractivity contribution in [3.63, 3.8) is 0 Å². The lowest BCUT2D eigenvalue weighted by atomic mass is 10.2. The third-order valence-electron chi connectivity index (χ3n) is 3.66. The van der Waals surface area contributed by atoms with Crippen LogP contribution in [0.4, 0.5) is 22.1 Å². The highest BCUT2D eigenvalue weighted by atomic mass is 35.5. The summed E-state index contributed by atoms with van der Waals surface area (Å²) in [5.41, 5.74) is 2.13. The van der Waals surface area contributed by atoms with Crippen molar-refractivity contribution >= 4 is 35.0 Å². The zero-order chi connectivity index (χ0) is 16.2. The second-order valence-electron chi connectivity index (χ2n) is 5.53. The van der Waals surface area contributed by atoms with Crippen molar-refractivity contribution in [2.24, 2.45) is 0 Å². The first-order valence-electron chi connectivity index (χ1n) is 7.53. The van der Waals surface area contributed by atoms with Crippen molar-refractivity contribution in [1.82, 2.24) is 9.97 Å². The summed E-state index contributed by atoms with van der Waals surface area (Å²) in [6, 6.07) is 5.07. The molecule has 1 aromatic heterocycles. The lowest BCUT2D eigenvalue weighted by Gasteiger charge is -2.15. The van der Waals surface area contributed by atoms with Crippen molar-refractivity contribution in [2.45, 2.75) is 19.8 Å². The molecule has 1 aliphatic rings. The molecule has 120 valence electrons. The minimum atomic E-state index is -0.381. The molecule has 2 N–H and O–H groups in total. The van der Waals surface area contributed by atoms with Gasteiger partial charge in [0.25, 0.3) is 0 Å². The molecular weight excluding hydrogens is 314 g/mol. The lowest BCUT2D eigenvalue weighted by molar-refractivity contribution is 0.262. The number of nitrogens with zero attached hydrogens (tertiary/aromatic N) is 3. The molecule has 0 bridgehead atoms. The molecule has 2 amide bonds. The molecule has 1 fully saturated rings. The van der Waals surface area contributed by atoms with Crippen LogP contribution in [0.1, 0.15) is 18.4 Å². The Kier molecular flexibility index (Phi) is 4.62. The van der Waals surface area contributed by atoms with E-state index >= 15 is 0 Å². The van der Waals surface area contributed by atoms with Gasteiger partial charge in [0.1, 0.15) is 0 Å². The van der Waals surface area contributed by atoms with Crippen LogP contribution in [-0.4, -0.2) is 29.1 Å². The number of carbonyl (C=O) groups is 1. The van der Waals surface area contributed by atoms with Crippen LogP contribution in [0.3, 0.4) is 0 Å². The number of urea groups is 1. The molecule has 0 saturated carbocycles. The molecule has 2 heterocycles. The maximum absolute atomic E-state index is 12.0. The van der Waals surface area contributed by atoms with Gasteiger partial charge in [-0.05, 0) is 37.5 Å². The van der Waals surface area contributed by atoms with Gasteiger partial charge in [0.15, 0.2) is 0 Å². The van der Waals surface area contributed by atoms with E-state index in [0.29, 0.717) is 22.3 Å². The van der Waals surface area contributed by atoms with Crippen LogP contribution < -0.4 is 15.5 Å². The van der Waals surface area contributed by atoms with Gasteiger partial charge >= 0.3 is 6.03 Å². The number of anilines is 3. The number of carbonyl (C=O) groups excluding carboxylic acids is 1. The molecule has 1 aromatic carbocycles. The van der Waals surface area contributed by atoms with Gasteiger partial charge in [-0.1, -0.05) is 17.7 Å². The summed E-state index contributed by atoms with van der Waals surface area (Å²) in [7, 11) is 0. The summed E-state index contributed by atoms with van der Waals surface area (Å²) in [6.07, 6.45) is 5.56. The van der Waals surface area contributed by atoms with Crippen LogP contribution in [0.25, 0.3) is 0 Å². The zero-order valence-corrected chi connectivity index (χ0v) is 13.6. The minimum absolute atomic E-state index is 0.381. The monoisotopic (exact) mass is 331 g/mol. The van der Waals surface area contributed by atoms with Gasteiger partial charge in [0, 0.05) is 13.1 Å². The Morgan fingerprint density at radius 1 is 1.17 bits per heavy atom. The average molecular weight is 332 g/mol. The Hall–Kier alpha value is -2.34. The number of hydrogen-bond donors (Lipinski definition) is 2. The van der Waals surface area contributed by atoms with E-state index in [9.17, 15) is 4.79 Å². The number of nitrogens with one attached hydrogen (secondary N) is 2. The Morgan fingerprint density at radius 2 is 1.87 bits per heavy atom. The van der Waals surface area contributed by atoms with Crippen molar-refractivity contribution in [2.75, 3.05) is 28.6 Å². The fourth-order valence-corrected chi connectivity index (χ4v) is 2.75. The minimum Gasteiger partial charge on any atom is -0.341 e. The fraction of sp³-hybridized carbons (Fsp3) is 0.312. The first kappa shape index (κ1) is 15.6. The van der Waals surface area contributed by atoms with Crippen molar-refractivity contribution in [3.05, 3.63) is 41.2 Å². The van der Waals surface area contributed by atoms with Crippen molar-refractivity contribution in [1.29, 1.82) is 0 Å². The van der Waals surface area contributed by atoms with Gasteiger partial charge in [-0.2, -0.15) is 0 Å². The Bertz CT molecular complexity index is 698. The van der Waals surface area contributed by atoms with E-state index in [-0.39, 0.29) is 6.03 Å². The number of amides is 2. The fourth-order valence-electron chi connectivity index (χ4n) is 2.47. The third-order valence-corrected chi connectivity index (χ3v) is 3.97. The number of benzene rings is 1. The highest BCUT2D eigenvalue weighted by Crippen LogP contribution is 2.23. The van der Waals surface area contributed by atoms with Gasteiger partial charge < -0.3 is 15.5 Å². The predicted octanol–water partition coefficient (Wildman–Crippen LogP) is 3.68.